The van der Waals surface area contributed by atoms with Gasteiger partial charge in [0.15, 0.2) is 5.16 Å². The van der Waals surface area contributed by atoms with Crippen LogP contribution in [0.4, 0.5) is 5.82 Å². The number of esters is 1. The molecule has 0 radical (unpaired) electrons. The second kappa shape index (κ2) is 8.48. The van der Waals surface area contributed by atoms with E-state index in [0.717, 1.165) is 5.56 Å². The van der Waals surface area contributed by atoms with Crippen molar-refractivity contribution in [3.63, 3.8) is 0 Å². The van der Waals surface area contributed by atoms with Gasteiger partial charge >= 0.3 is 5.97 Å². The van der Waals surface area contributed by atoms with Crippen LogP contribution in [-0.4, -0.2) is 27.8 Å². The first-order valence-electron chi connectivity index (χ1n) is 9.04. The van der Waals surface area contributed by atoms with Gasteiger partial charge in [0.05, 0.1) is 23.2 Å². The summed E-state index contributed by atoms with van der Waals surface area (Å²) < 4.78 is 5.46. The number of anilines is 1. The van der Waals surface area contributed by atoms with Gasteiger partial charge in [-0.3, -0.25) is 4.79 Å². The normalized spacial score (nSPS) is 15.8. The largest absolute Gasteiger partial charge is 0.460 e. The number of ether oxygens (including phenoxy) is 1. The fourth-order valence-corrected chi connectivity index (χ4v) is 3.76. The molecule has 2 N–H and O–H groups in total. The van der Waals surface area contributed by atoms with Crippen LogP contribution >= 0.6 is 11.8 Å². The van der Waals surface area contributed by atoms with Crippen LogP contribution in [0, 0.1) is 0 Å². The van der Waals surface area contributed by atoms with E-state index in [1.54, 1.807) is 26.8 Å². The molecule has 1 aliphatic rings. The Kier molecular flexibility index (Phi) is 6.04. The van der Waals surface area contributed by atoms with E-state index in [2.05, 4.69) is 21.9 Å². The van der Waals surface area contributed by atoms with E-state index < -0.39 is 11.9 Å². The van der Waals surface area contributed by atoms with Crippen LogP contribution in [0.15, 0.2) is 64.2 Å². The number of rotatable bonds is 6. The predicted molar refractivity (Wildman–Crippen MR) is 112 cm³/mol. The van der Waals surface area contributed by atoms with E-state index in [0.29, 0.717) is 33.6 Å². The van der Waals surface area contributed by atoms with E-state index in [1.165, 1.54) is 11.8 Å². The summed E-state index contributed by atoms with van der Waals surface area (Å²) in [7, 11) is 0. The predicted octanol–water partition coefficient (Wildman–Crippen LogP) is 3.83. The lowest BCUT2D eigenvalue weighted by Gasteiger charge is -2.29. The van der Waals surface area contributed by atoms with Crippen molar-refractivity contribution in [3.05, 3.63) is 75.7 Å². The number of aromatic amines is 1. The van der Waals surface area contributed by atoms with E-state index >= 15 is 0 Å². The van der Waals surface area contributed by atoms with Crippen LogP contribution in [0.2, 0.25) is 0 Å². The van der Waals surface area contributed by atoms with Gasteiger partial charge < -0.3 is 15.0 Å². The summed E-state index contributed by atoms with van der Waals surface area (Å²) in [5, 5.41) is 3.63. The van der Waals surface area contributed by atoms with E-state index in [-0.39, 0.29) is 11.7 Å². The molecular formula is C21H23N3O3S. The average molecular weight is 398 g/mol. The number of benzene rings is 1. The third-order valence-corrected chi connectivity index (χ3v) is 5.12. The maximum Gasteiger partial charge on any atom is 0.337 e. The van der Waals surface area contributed by atoms with Gasteiger partial charge in [-0.05, 0) is 26.3 Å². The van der Waals surface area contributed by atoms with Crippen molar-refractivity contribution in [2.24, 2.45) is 0 Å². The van der Waals surface area contributed by atoms with Crippen molar-refractivity contribution in [3.8, 4) is 0 Å². The molecule has 7 heteroatoms. The quantitative estimate of drug-likeness (QED) is 0.334. The Morgan fingerprint density at radius 3 is 2.71 bits per heavy atom. The van der Waals surface area contributed by atoms with Crippen molar-refractivity contribution in [1.82, 2.24) is 9.97 Å². The lowest BCUT2D eigenvalue weighted by Crippen LogP contribution is -2.31. The van der Waals surface area contributed by atoms with Crippen LogP contribution in [0.5, 0.6) is 0 Å². The zero-order chi connectivity index (χ0) is 20.3. The molecule has 2 aromatic rings. The molecule has 2 heterocycles. The Bertz CT molecular complexity index is 980. The van der Waals surface area contributed by atoms with Gasteiger partial charge in [-0.15, -0.1) is 6.58 Å². The number of aromatic nitrogens is 2. The van der Waals surface area contributed by atoms with Gasteiger partial charge in [0.25, 0.3) is 5.56 Å². The van der Waals surface area contributed by atoms with Gasteiger partial charge in [0.2, 0.25) is 0 Å². The standard InChI is InChI=1S/C21H23N3O3S/c1-5-11-28-21-23-18-17(19(25)24-21)16(14-9-7-6-8-10-14)15(13(4)22-18)20(26)27-12(2)3/h5-10,12,16H,1,11H2,2-4H3,(H2,22,23,24,25). The summed E-state index contributed by atoms with van der Waals surface area (Å²) >= 11 is 1.39. The Balaban J connectivity index is 2.17. The van der Waals surface area contributed by atoms with Crippen LogP contribution < -0.4 is 10.9 Å². The van der Waals surface area contributed by atoms with Crippen molar-refractivity contribution in [1.29, 1.82) is 0 Å². The summed E-state index contributed by atoms with van der Waals surface area (Å²) in [6, 6.07) is 9.46. The SMILES string of the molecule is C=CCSc1nc2c(c(=O)[nH]1)C(c1ccccc1)C(C(=O)OC(C)C)=C(C)N2. The second-order valence-corrected chi connectivity index (χ2v) is 7.70. The molecule has 1 aromatic carbocycles. The number of nitrogens with one attached hydrogen (secondary N) is 2. The first kappa shape index (κ1) is 19.9. The van der Waals surface area contributed by atoms with Crippen molar-refractivity contribution >= 4 is 23.5 Å². The first-order chi connectivity index (χ1) is 13.4. The summed E-state index contributed by atoms with van der Waals surface area (Å²) in [6.45, 7) is 9.09. The molecule has 1 aromatic heterocycles. The number of fused-ring (bicyclic) bond motifs is 1. The number of thioether (sulfide) groups is 1. The molecule has 6 nitrogen and oxygen atoms in total. The topological polar surface area (TPSA) is 84.1 Å². The number of carbonyl (C=O) groups is 1. The van der Waals surface area contributed by atoms with Crippen LogP contribution in [-0.2, 0) is 9.53 Å². The smallest absolute Gasteiger partial charge is 0.337 e. The highest BCUT2D eigenvalue weighted by molar-refractivity contribution is 7.99. The fraction of sp³-hybridized carbons (Fsp3) is 0.286. The Morgan fingerprint density at radius 2 is 2.07 bits per heavy atom. The number of nitrogens with zero attached hydrogens (tertiary/aromatic N) is 1. The van der Waals surface area contributed by atoms with Crippen LogP contribution in [0.3, 0.4) is 0 Å². The van der Waals surface area contributed by atoms with Crippen molar-refractivity contribution in [2.75, 3.05) is 11.1 Å². The summed E-state index contributed by atoms with van der Waals surface area (Å²) in [5.74, 6) is 0.0927. The monoisotopic (exact) mass is 397 g/mol. The molecule has 1 atom stereocenters. The highest BCUT2D eigenvalue weighted by atomic mass is 32.2. The van der Waals surface area contributed by atoms with Gasteiger partial charge in [-0.25, -0.2) is 9.78 Å². The minimum Gasteiger partial charge on any atom is -0.460 e. The maximum atomic E-state index is 13.0. The summed E-state index contributed by atoms with van der Waals surface area (Å²) in [4.78, 5) is 33.2. The minimum absolute atomic E-state index is 0.264. The molecule has 146 valence electrons. The number of carbonyl (C=O) groups excluding carboxylic acids is 1. The molecule has 1 aliphatic heterocycles. The number of allylic oxidation sites excluding steroid dienone is 1. The molecule has 0 spiro atoms. The van der Waals surface area contributed by atoms with Crippen molar-refractivity contribution < 1.29 is 9.53 Å². The zero-order valence-electron chi connectivity index (χ0n) is 16.1. The van der Waals surface area contributed by atoms with Gasteiger partial charge in [0, 0.05) is 11.4 Å². The van der Waals surface area contributed by atoms with Crippen LogP contribution in [0.1, 0.15) is 37.8 Å². The lowest BCUT2D eigenvalue weighted by molar-refractivity contribution is -0.143. The fourth-order valence-electron chi connectivity index (χ4n) is 3.16. The average Bonchev–Trinajstić information content (AvgIpc) is 2.65. The van der Waals surface area contributed by atoms with E-state index in [1.807, 2.05) is 30.3 Å². The highest BCUT2D eigenvalue weighted by Crippen LogP contribution is 2.40. The summed E-state index contributed by atoms with van der Waals surface area (Å²) in [6.07, 6.45) is 1.48. The number of hydrogen-bond donors (Lipinski definition) is 2. The molecule has 0 fully saturated rings. The molecule has 3 rings (SSSR count). The van der Waals surface area contributed by atoms with E-state index in [4.69, 9.17) is 4.74 Å². The molecule has 28 heavy (non-hydrogen) atoms. The molecule has 0 aliphatic carbocycles. The Hall–Kier alpha value is -2.80. The maximum absolute atomic E-state index is 13.0. The third kappa shape index (κ3) is 4.04. The van der Waals surface area contributed by atoms with Crippen LogP contribution in [0.25, 0.3) is 0 Å². The molecule has 0 saturated carbocycles. The third-order valence-electron chi connectivity index (χ3n) is 4.25. The molecule has 0 amide bonds. The molecule has 0 saturated heterocycles. The number of H-pyrrole nitrogens is 1. The minimum atomic E-state index is -0.557. The zero-order valence-corrected chi connectivity index (χ0v) is 16.9. The Morgan fingerprint density at radius 1 is 1.36 bits per heavy atom. The highest BCUT2D eigenvalue weighted by Gasteiger charge is 2.36. The Labute approximate surface area is 168 Å². The molecule has 1 unspecified atom stereocenters. The lowest BCUT2D eigenvalue weighted by atomic mass is 9.82. The van der Waals surface area contributed by atoms with E-state index in [9.17, 15) is 9.59 Å². The first-order valence-corrected chi connectivity index (χ1v) is 10.0. The second-order valence-electron chi connectivity index (χ2n) is 6.69. The number of hydrogen-bond acceptors (Lipinski definition) is 6. The molecule has 0 bridgehead atoms. The molecular weight excluding hydrogens is 374 g/mol. The summed E-state index contributed by atoms with van der Waals surface area (Å²) in [5.41, 5.74) is 2.02. The van der Waals surface area contributed by atoms with Gasteiger partial charge in [0.1, 0.15) is 5.82 Å². The van der Waals surface area contributed by atoms with Gasteiger partial charge in [-0.1, -0.05) is 48.2 Å². The van der Waals surface area contributed by atoms with Gasteiger partial charge in [-0.2, -0.15) is 0 Å². The van der Waals surface area contributed by atoms with Crippen molar-refractivity contribution in [2.45, 2.75) is 37.9 Å².